The lowest BCUT2D eigenvalue weighted by Crippen LogP contribution is -2.33. The van der Waals surface area contributed by atoms with Gasteiger partial charge < -0.3 is 19.9 Å². The molecule has 1 atom stereocenters. The minimum Gasteiger partial charge on any atom is -0.482 e. The van der Waals surface area contributed by atoms with Crippen LogP contribution in [0, 0.1) is 0 Å². The molecule has 6 nitrogen and oxygen atoms in total. The van der Waals surface area contributed by atoms with Crippen LogP contribution in [-0.2, 0) is 25.5 Å². The van der Waals surface area contributed by atoms with Crippen molar-refractivity contribution in [3.05, 3.63) is 29.8 Å². The predicted molar refractivity (Wildman–Crippen MR) is 81.5 cm³/mol. The number of benzene rings is 1. The van der Waals surface area contributed by atoms with Gasteiger partial charge in [-0.1, -0.05) is 12.1 Å². The van der Waals surface area contributed by atoms with Crippen LogP contribution >= 0.6 is 0 Å². The minimum atomic E-state index is -0.696. The molecule has 0 bridgehead atoms. The van der Waals surface area contributed by atoms with Crippen LogP contribution in [0.15, 0.2) is 24.3 Å². The molecule has 1 aromatic carbocycles. The Labute approximate surface area is 130 Å². The summed E-state index contributed by atoms with van der Waals surface area (Å²) in [5.41, 5.74) is 6.03. The average molecular weight is 309 g/mol. The molecular weight excluding hydrogens is 286 g/mol. The highest BCUT2D eigenvalue weighted by molar-refractivity contribution is 5.75. The Morgan fingerprint density at radius 2 is 1.77 bits per heavy atom. The Balaban J connectivity index is 2.48. The predicted octanol–water partition coefficient (Wildman–Crippen LogP) is 1.45. The lowest BCUT2D eigenvalue weighted by Gasteiger charge is -2.19. The fourth-order valence-corrected chi connectivity index (χ4v) is 1.72. The molecule has 0 heterocycles. The Hall–Kier alpha value is -2.08. The first-order valence-electron chi connectivity index (χ1n) is 6.98. The van der Waals surface area contributed by atoms with Crippen molar-refractivity contribution in [2.75, 3.05) is 13.7 Å². The molecule has 0 saturated carbocycles. The Morgan fingerprint density at radius 1 is 1.18 bits per heavy atom. The summed E-state index contributed by atoms with van der Waals surface area (Å²) in [6.45, 7) is 5.23. The number of methoxy groups -OCH3 is 1. The quantitative estimate of drug-likeness (QED) is 0.800. The van der Waals surface area contributed by atoms with Gasteiger partial charge in [0, 0.05) is 0 Å². The molecule has 6 heteroatoms. The monoisotopic (exact) mass is 309 g/mol. The van der Waals surface area contributed by atoms with E-state index in [-0.39, 0.29) is 6.61 Å². The van der Waals surface area contributed by atoms with Gasteiger partial charge in [-0.25, -0.2) is 4.79 Å². The zero-order valence-corrected chi connectivity index (χ0v) is 13.4. The van der Waals surface area contributed by atoms with Crippen molar-refractivity contribution >= 4 is 11.9 Å². The van der Waals surface area contributed by atoms with Crippen LogP contribution in [-0.4, -0.2) is 37.3 Å². The Bertz CT molecular complexity index is 504. The molecule has 122 valence electrons. The highest BCUT2D eigenvalue weighted by atomic mass is 16.6. The highest BCUT2D eigenvalue weighted by Gasteiger charge is 2.17. The molecule has 1 aromatic rings. The van der Waals surface area contributed by atoms with Gasteiger partial charge >= 0.3 is 11.9 Å². The van der Waals surface area contributed by atoms with Gasteiger partial charge in [-0.2, -0.15) is 0 Å². The maximum Gasteiger partial charge on any atom is 0.344 e. The molecule has 0 aliphatic heterocycles. The zero-order chi connectivity index (χ0) is 16.8. The molecule has 0 amide bonds. The third-order valence-corrected chi connectivity index (χ3v) is 2.66. The molecule has 0 aliphatic carbocycles. The van der Waals surface area contributed by atoms with Crippen LogP contribution in [0.3, 0.4) is 0 Å². The highest BCUT2D eigenvalue weighted by Crippen LogP contribution is 2.14. The van der Waals surface area contributed by atoms with E-state index in [0.717, 1.165) is 5.56 Å². The summed E-state index contributed by atoms with van der Waals surface area (Å²) in [7, 11) is 1.30. The summed E-state index contributed by atoms with van der Waals surface area (Å²) >= 11 is 0. The topological polar surface area (TPSA) is 87.9 Å². The molecule has 0 spiro atoms. The van der Waals surface area contributed by atoms with Crippen LogP contribution in [0.5, 0.6) is 5.75 Å². The van der Waals surface area contributed by atoms with E-state index in [1.165, 1.54) is 7.11 Å². The number of esters is 2. The molecule has 0 aromatic heterocycles. The normalized spacial score (nSPS) is 12.4. The first-order chi connectivity index (χ1) is 10.2. The summed E-state index contributed by atoms with van der Waals surface area (Å²) < 4.78 is 15.1. The van der Waals surface area contributed by atoms with Crippen LogP contribution in [0.2, 0.25) is 0 Å². The molecule has 0 fully saturated rings. The van der Waals surface area contributed by atoms with Gasteiger partial charge in [-0.3, -0.25) is 4.79 Å². The molecule has 0 saturated heterocycles. The lowest BCUT2D eigenvalue weighted by molar-refractivity contribution is -0.157. The van der Waals surface area contributed by atoms with E-state index in [1.807, 2.05) is 0 Å². The second kappa shape index (κ2) is 7.79. The largest absolute Gasteiger partial charge is 0.482 e. The minimum absolute atomic E-state index is 0.154. The fourth-order valence-electron chi connectivity index (χ4n) is 1.72. The average Bonchev–Trinajstić information content (AvgIpc) is 2.43. The number of rotatable bonds is 6. The van der Waals surface area contributed by atoms with E-state index in [9.17, 15) is 9.59 Å². The van der Waals surface area contributed by atoms with Crippen molar-refractivity contribution in [2.45, 2.75) is 38.8 Å². The zero-order valence-electron chi connectivity index (χ0n) is 13.4. The van der Waals surface area contributed by atoms with E-state index in [2.05, 4.69) is 4.74 Å². The first kappa shape index (κ1) is 18.0. The number of nitrogens with two attached hydrogens (primary N) is 1. The molecule has 0 aliphatic rings. The van der Waals surface area contributed by atoms with Gasteiger partial charge in [0.15, 0.2) is 6.61 Å². The Kier molecular flexibility index (Phi) is 6.37. The fraction of sp³-hybridized carbons (Fsp3) is 0.500. The maximum absolute atomic E-state index is 11.5. The molecule has 1 rings (SSSR count). The number of hydrogen-bond acceptors (Lipinski definition) is 6. The molecular formula is C16H23NO5. The van der Waals surface area contributed by atoms with Crippen molar-refractivity contribution in [1.29, 1.82) is 0 Å². The number of carbonyl (C=O) groups excluding carboxylic acids is 2. The summed E-state index contributed by atoms with van der Waals surface area (Å²) in [4.78, 5) is 22.8. The van der Waals surface area contributed by atoms with Crippen LogP contribution in [0.25, 0.3) is 0 Å². The summed E-state index contributed by atoms with van der Waals surface area (Å²) in [6, 6.07) is 6.30. The van der Waals surface area contributed by atoms with Crippen LogP contribution in [0.1, 0.15) is 26.3 Å². The van der Waals surface area contributed by atoms with Crippen molar-refractivity contribution in [1.82, 2.24) is 0 Å². The van der Waals surface area contributed by atoms with Crippen molar-refractivity contribution < 1.29 is 23.8 Å². The third kappa shape index (κ3) is 6.58. The van der Waals surface area contributed by atoms with Gasteiger partial charge in [0.25, 0.3) is 0 Å². The van der Waals surface area contributed by atoms with Gasteiger partial charge in [0.05, 0.1) is 7.11 Å². The molecule has 22 heavy (non-hydrogen) atoms. The lowest BCUT2D eigenvalue weighted by atomic mass is 10.1. The molecule has 2 N–H and O–H groups in total. The number of ether oxygens (including phenoxy) is 3. The standard InChI is InChI=1S/C16H23NO5/c1-16(2,3)22-14(18)10-21-12-7-5-11(6-8-12)9-13(17)15(19)20-4/h5-8,13H,9-10,17H2,1-4H3/t13-/m0/s1. The van der Waals surface area contributed by atoms with Gasteiger partial charge in [0.2, 0.25) is 0 Å². The van der Waals surface area contributed by atoms with E-state index >= 15 is 0 Å². The van der Waals surface area contributed by atoms with E-state index in [0.29, 0.717) is 12.2 Å². The first-order valence-corrected chi connectivity index (χ1v) is 6.98. The van der Waals surface area contributed by atoms with Crippen molar-refractivity contribution in [3.8, 4) is 5.75 Å². The summed E-state index contributed by atoms with van der Waals surface area (Å²) in [5, 5.41) is 0. The number of carbonyl (C=O) groups is 2. The second-order valence-electron chi connectivity index (χ2n) is 5.85. The summed E-state index contributed by atoms with van der Waals surface area (Å²) in [6.07, 6.45) is 0.374. The molecule has 0 unspecified atom stereocenters. The molecule has 0 radical (unpaired) electrons. The number of hydrogen-bond donors (Lipinski definition) is 1. The SMILES string of the molecule is COC(=O)[C@@H](N)Cc1ccc(OCC(=O)OC(C)(C)C)cc1. The maximum atomic E-state index is 11.5. The van der Waals surface area contributed by atoms with Crippen LogP contribution < -0.4 is 10.5 Å². The van der Waals surface area contributed by atoms with Crippen molar-refractivity contribution in [2.24, 2.45) is 5.73 Å². The van der Waals surface area contributed by atoms with Gasteiger partial charge in [0.1, 0.15) is 17.4 Å². The summed E-state index contributed by atoms with van der Waals surface area (Å²) in [5.74, 6) is -0.337. The second-order valence-corrected chi connectivity index (χ2v) is 5.85. The third-order valence-electron chi connectivity index (χ3n) is 2.66. The van der Waals surface area contributed by atoms with E-state index in [1.54, 1.807) is 45.0 Å². The Morgan fingerprint density at radius 3 is 2.27 bits per heavy atom. The smallest absolute Gasteiger partial charge is 0.344 e. The van der Waals surface area contributed by atoms with Crippen LogP contribution in [0.4, 0.5) is 0 Å². The van der Waals surface area contributed by atoms with Crippen molar-refractivity contribution in [3.63, 3.8) is 0 Å². The van der Waals surface area contributed by atoms with Gasteiger partial charge in [-0.05, 0) is 44.9 Å². The van der Waals surface area contributed by atoms with E-state index in [4.69, 9.17) is 15.2 Å². The van der Waals surface area contributed by atoms with E-state index < -0.39 is 23.6 Å². The van der Waals surface area contributed by atoms with Gasteiger partial charge in [-0.15, -0.1) is 0 Å².